The van der Waals surface area contributed by atoms with Crippen molar-refractivity contribution in [3.05, 3.63) is 30.1 Å². The molecule has 1 aromatic rings. The molecule has 26 heavy (non-hydrogen) atoms. The molecule has 0 saturated carbocycles. The number of rotatable bonds is 3. The molecule has 0 N–H and O–H groups in total. The first-order valence-electron chi connectivity index (χ1n) is 8.92. The molecule has 1 aromatic heterocycles. The van der Waals surface area contributed by atoms with Crippen LogP contribution in [-0.4, -0.2) is 59.3 Å². The molecule has 5 nitrogen and oxygen atoms in total. The Morgan fingerprint density at radius 1 is 1.27 bits per heavy atom. The number of likely N-dealkylation sites (tertiary alicyclic amines) is 2. The summed E-state index contributed by atoms with van der Waals surface area (Å²) in [5, 5.41) is 0. The number of nitrogens with zero attached hydrogens (tertiary/aromatic N) is 3. The number of alkyl halides is 3. The molecule has 2 aliphatic heterocycles. The van der Waals surface area contributed by atoms with E-state index in [1.807, 2.05) is 18.2 Å². The molecular weight excluding hydrogens is 347 g/mol. The van der Waals surface area contributed by atoms with Crippen LogP contribution in [0.1, 0.15) is 31.9 Å². The van der Waals surface area contributed by atoms with Crippen molar-refractivity contribution in [3.63, 3.8) is 0 Å². The van der Waals surface area contributed by atoms with Gasteiger partial charge in [0.1, 0.15) is 0 Å². The van der Waals surface area contributed by atoms with E-state index < -0.39 is 18.4 Å². The summed E-state index contributed by atoms with van der Waals surface area (Å²) in [6.45, 7) is 4.46. The number of piperidine rings is 1. The Kier molecular flexibility index (Phi) is 5.41. The minimum atomic E-state index is -4.52. The zero-order chi connectivity index (χ0) is 18.8. The van der Waals surface area contributed by atoms with Gasteiger partial charge in [-0.2, -0.15) is 13.2 Å². The van der Waals surface area contributed by atoms with Gasteiger partial charge >= 0.3 is 12.3 Å². The zero-order valence-electron chi connectivity index (χ0n) is 14.8. The summed E-state index contributed by atoms with van der Waals surface area (Å²) in [5.41, 5.74) is 1.17. The average Bonchev–Trinajstić information content (AvgIpc) is 2.97. The molecule has 3 rings (SSSR count). The van der Waals surface area contributed by atoms with Crippen molar-refractivity contribution in [2.45, 2.75) is 45.0 Å². The van der Waals surface area contributed by atoms with E-state index in [1.54, 1.807) is 6.20 Å². The van der Waals surface area contributed by atoms with Crippen LogP contribution >= 0.6 is 0 Å². The topological polar surface area (TPSA) is 45.7 Å². The van der Waals surface area contributed by atoms with E-state index in [-0.39, 0.29) is 5.41 Å². The maximum Gasteiger partial charge on any atom is 0.425 e. The lowest BCUT2D eigenvalue weighted by molar-refractivity contribution is -0.200. The second-order valence-electron chi connectivity index (χ2n) is 7.34. The van der Waals surface area contributed by atoms with Crippen molar-refractivity contribution in [2.75, 3.05) is 26.2 Å². The SMILES string of the molecule is CC(OC(=O)N1CCC2(CCN(Cc3ccccn3)C2)CC1)C(F)(F)F. The largest absolute Gasteiger partial charge is 0.437 e. The number of carbonyl (C=O) groups is 1. The first-order valence-corrected chi connectivity index (χ1v) is 8.92. The number of halogens is 3. The molecule has 2 saturated heterocycles. The Hall–Kier alpha value is -1.83. The Balaban J connectivity index is 1.48. The number of hydrogen-bond donors (Lipinski definition) is 0. The average molecular weight is 371 g/mol. The Labute approximate surface area is 151 Å². The van der Waals surface area contributed by atoms with Crippen LogP contribution in [0.5, 0.6) is 0 Å². The standard InChI is InChI=1S/C18H24F3N3O2/c1-14(18(19,20)21)26-16(25)24-10-6-17(7-11-24)5-9-23(13-17)12-15-4-2-3-8-22-15/h2-4,8,14H,5-7,9-13H2,1H3. The molecule has 1 unspecified atom stereocenters. The lowest BCUT2D eigenvalue weighted by atomic mass is 9.78. The lowest BCUT2D eigenvalue weighted by Gasteiger charge is -2.39. The predicted molar refractivity (Wildman–Crippen MR) is 89.4 cm³/mol. The van der Waals surface area contributed by atoms with Crippen LogP contribution in [0.4, 0.5) is 18.0 Å². The molecule has 2 fully saturated rings. The van der Waals surface area contributed by atoms with Crippen molar-refractivity contribution in [1.29, 1.82) is 0 Å². The minimum absolute atomic E-state index is 0.140. The molecule has 0 aromatic carbocycles. The number of carbonyl (C=O) groups excluding carboxylic acids is 1. The molecule has 8 heteroatoms. The first-order chi connectivity index (χ1) is 12.3. The molecule has 1 amide bonds. The van der Waals surface area contributed by atoms with Gasteiger partial charge in [0.15, 0.2) is 6.10 Å². The van der Waals surface area contributed by atoms with E-state index >= 15 is 0 Å². The van der Waals surface area contributed by atoms with Crippen molar-refractivity contribution < 1.29 is 22.7 Å². The third-order valence-electron chi connectivity index (χ3n) is 5.45. The molecule has 3 heterocycles. The summed E-state index contributed by atoms with van der Waals surface area (Å²) in [4.78, 5) is 20.1. The Morgan fingerprint density at radius 3 is 2.58 bits per heavy atom. The van der Waals surface area contributed by atoms with E-state index in [0.717, 1.165) is 51.5 Å². The zero-order valence-corrected chi connectivity index (χ0v) is 14.8. The van der Waals surface area contributed by atoms with Crippen molar-refractivity contribution in [1.82, 2.24) is 14.8 Å². The summed E-state index contributed by atoms with van der Waals surface area (Å²) in [6.07, 6.45) is -3.05. The summed E-state index contributed by atoms with van der Waals surface area (Å²) in [7, 11) is 0. The number of pyridine rings is 1. The second-order valence-corrected chi connectivity index (χ2v) is 7.34. The molecule has 1 spiro atoms. The van der Waals surface area contributed by atoms with Crippen molar-refractivity contribution in [3.8, 4) is 0 Å². The van der Waals surface area contributed by atoms with Gasteiger partial charge in [-0.05, 0) is 50.3 Å². The summed E-state index contributed by atoms with van der Waals surface area (Å²) >= 11 is 0. The molecule has 144 valence electrons. The number of aromatic nitrogens is 1. The van der Waals surface area contributed by atoms with Gasteiger partial charge in [-0.15, -0.1) is 0 Å². The van der Waals surface area contributed by atoms with Gasteiger partial charge in [0, 0.05) is 32.4 Å². The molecule has 1 atom stereocenters. The highest BCUT2D eigenvalue weighted by Crippen LogP contribution is 2.41. The first kappa shape index (κ1) is 18.9. The maximum atomic E-state index is 12.5. The third-order valence-corrected chi connectivity index (χ3v) is 5.45. The molecular formula is C18H24F3N3O2. The number of amides is 1. The van der Waals surface area contributed by atoms with E-state index in [4.69, 9.17) is 0 Å². The fraction of sp³-hybridized carbons (Fsp3) is 0.667. The monoisotopic (exact) mass is 371 g/mol. The van der Waals surface area contributed by atoms with Gasteiger partial charge < -0.3 is 9.64 Å². The summed E-state index contributed by atoms with van der Waals surface area (Å²) < 4.78 is 42.1. The van der Waals surface area contributed by atoms with Crippen LogP contribution in [0.15, 0.2) is 24.4 Å². The van der Waals surface area contributed by atoms with Gasteiger partial charge in [-0.1, -0.05) is 6.07 Å². The van der Waals surface area contributed by atoms with Gasteiger partial charge in [0.05, 0.1) is 5.69 Å². The maximum absolute atomic E-state index is 12.5. The van der Waals surface area contributed by atoms with Crippen molar-refractivity contribution >= 4 is 6.09 Å². The second kappa shape index (κ2) is 7.42. The van der Waals surface area contributed by atoms with Crippen LogP contribution in [0.2, 0.25) is 0 Å². The summed E-state index contributed by atoms with van der Waals surface area (Å²) in [6, 6.07) is 5.87. The normalized spacial score (nSPS) is 21.8. The van der Waals surface area contributed by atoms with Crippen molar-refractivity contribution in [2.24, 2.45) is 5.41 Å². The third kappa shape index (κ3) is 4.47. The highest BCUT2D eigenvalue weighted by atomic mass is 19.4. The number of hydrogen-bond acceptors (Lipinski definition) is 4. The van der Waals surface area contributed by atoms with Crippen LogP contribution in [0.3, 0.4) is 0 Å². The van der Waals surface area contributed by atoms with Gasteiger partial charge in [0.25, 0.3) is 0 Å². The van der Waals surface area contributed by atoms with Gasteiger partial charge in [0.2, 0.25) is 0 Å². The summed E-state index contributed by atoms with van der Waals surface area (Å²) in [5.74, 6) is 0. The fourth-order valence-corrected chi connectivity index (χ4v) is 3.75. The van der Waals surface area contributed by atoms with Gasteiger partial charge in [-0.25, -0.2) is 4.79 Å². The lowest BCUT2D eigenvalue weighted by Crippen LogP contribution is -2.46. The predicted octanol–water partition coefficient (Wildman–Crippen LogP) is 3.46. The highest BCUT2D eigenvalue weighted by Gasteiger charge is 2.43. The molecule has 0 aliphatic carbocycles. The van der Waals surface area contributed by atoms with E-state index in [2.05, 4.69) is 14.6 Å². The Morgan fingerprint density at radius 2 is 1.96 bits per heavy atom. The number of ether oxygens (including phenoxy) is 1. The van der Waals surface area contributed by atoms with Crippen LogP contribution in [0, 0.1) is 5.41 Å². The Bertz CT molecular complexity index is 616. The van der Waals surface area contributed by atoms with E-state index in [1.165, 1.54) is 4.90 Å². The van der Waals surface area contributed by atoms with E-state index in [9.17, 15) is 18.0 Å². The van der Waals surface area contributed by atoms with Crippen LogP contribution in [-0.2, 0) is 11.3 Å². The van der Waals surface area contributed by atoms with Crippen LogP contribution in [0.25, 0.3) is 0 Å². The van der Waals surface area contributed by atoms with E-state index in [0.29, 0.717) is 13.1 Å². The fourth-order valence-electron chi connectivity index (χ4n) is 3.75. The molecule has 0 radical (unpaired) electrons. The smallest absolute Gasteiger partial charge is 0.425 e. The highest BCUT2D eigenvalue weighted by molar-refractivity contribution is 5.68. The molecule has 0 bridgehead atoms. The van der Waals surface area contributed by atoms with Gasteiger partial charge in [-0.3, -0.25) is 9.88 Å². The molecule has 2 aliphatic rings. The van der Waals surface area contributed by atoms with Crippen LogP contribution < -0.4 is 0 Å². The quantitative estimate of drug-likeness (QED) is 0.816. The minimum Gasteiger partial charge on any atom is -0.437 e.